The van der Waals surface area contributed by atoms with Crippen LogP contribution in [0.1, 0.15) is 38.3 Å². The van der Waals surface area contributed by atoms with Gasteiger partial charge in [-0.2, -0.15) is 0 Å². The van der Waals surface area contributed by atoms with Crippen LogP contribution in [0.2, 0.25) is 0 Å². The van der Waals surface area contributed by atoms with Gasteiger partial charge in [-0.25, -0.2) is 0 Å². The Kier molecular flexibility index (Phi) is 3.90. The van der Waals surface area contributed by atoms with Crippen molar-refractivity contribution in [1.29, 1.82) is 0 Å². The molecule has 2 heteroatoms. The van der Waals surface area contributed by atoms with E-state index in [2.05, 4.69) is 18.8 Å². The number of hydrogen-bond donors (Lipinski definition) is 1. The summed E-state index contributed by atoms with van der Waals surface area (Å²) in [4.78, 5) is 4.07. The van der Waals surface area contributed by atoms with Crippen molar-refractivity contribution in [2.75, 3.05) is 0 Å². The zero-order valence-corrected chi connectivity index (χ0v) is 8.40. The number of rotatable bonds is 4. The first kappa shape index (κ1) is 10.2. The normalized spacial score (nSPS) is 15.3. The van der Waals surface area contributed by atoms with Gasteiger partial charge in [0, 0.05) is 18.4 Å². The summed E-state index contributed by atoms with van der Waals surface area (Å²) in [5, 5.41) is 0. The molecule has 0 saturated heterocycles. The van der Waals surface area contributed by atoms with Gasteiger partial charge in [0.2, 0.25) is 0 Å². The standard InChI is InChI=1S/C11H18N2/c1-3-5-9(2)11(12)10-6-4-7-13-8-10/h4,6-9,11H,3,5,12H2,1-2H3. The second kappa shape index (κ2) is 4.97. The molecule has 1 aromatic heterocycles. The van der Waals surface area contributed by atoms with Crippen molar-refractivity contribution in [2.45, 2.75) is 32.7 Å². The molecular weight excluding hydrogens is 160 g/mol. The Balaban J connectivity index is 2.62. The quantitative estimate of drug-likeness (QED) is 0.769. The molecule has 0 saturated carbocycles. The minimum atomic E-state index is 0.133. The van der Waals surface area contributed by atoms with Gasteiger partial charge in [0.05, 0.1) is 0 Å². The van der Waals surface area contributed by atoms with E-state index in [0.29, 0.717) is 5.92 Å². The fourth-order valence-electron chi connectivity index (χ4n) is 1.54. The average molecular weight is 178 g/mol. The first-order valence-electron chi connectivity index (χ1n) is 4.91. The smallest absolute Gasteiger partial charge is 0.0336 e. The van der Waals surface area contributed by atoms with Crippen LogP contribution in [0, 0.1) is 5.92 Å². The van der Waals surface area contributed by atoms with Gasteiger partial charge >= 0.3 is 0 Å². The van der Waals surface area contributed by atoms with Crippen molar-refractivity contribution in [3.8, 4) is 0 Å². The molecule has 0 bridgehead atoms. The number of pyridine rings is 1. The summed E-state index contributed by atoms with van der Waals surface area (Å²) in [6.07, 6.45) is 6.00. The van der Waals surface area contributed by atoms with Crippen molar-refractivity contribution in [1.82, 2.24) is 4.98 Å². The third-order valence-electron chi connectivity index (χ3n) is 2.43. The summed E-state index contributed by atoms with van der Waals surface area (Å²) in [5.74, 6) is 0.536. The second-order valence-corrected chi connectivity index (χ2v) is 3.58. The van der Waals surface area contributed by atoms with E-state index in [4.69, 9.17) is 5.73 Å². The SMILES string of the molecule is CCCC(C)C(N)c1cccnc1. The lowest BCUT2D eigenvalue weighted by molar-refractivity contribution is 0.433. The van der Waals surface area contributed by atoms with Crippen molar-refractivity contribution in [3.63, 3.8) is 0 Å². The predicted octanol–water partition coefficient (Wildman–Crippen LogP) is 2.52. The Hall–Kier alpha value is -0.890. The van der Waals surface area contributed by atoms with Crippen LogP contribution in [-0.4, -0.2) is 4.98 Å². The van der Waals surface area contributed by atoms with Gasteiger partial charge in [0.1, 0.15) is 0 Å². The lowest BCUT2D eigenvalue weighted by Gasteiger charge is -2.18. The molecule has 0 fully saturated rings. The molecule has 1 aromatic rings. The van der Waals surface area contributed by atoms with Crippen LogP contribution in [0.5, 0.6) is 0 Å². The minimum absolute atomic E-state index is 0.133. The van der Waals surface area contributed by atoms with Gasteiger partial charge in [-0.05, 0) is 24.0 Å². The summed E-state index contributed by atoms with van der Waals surface area (Å²) >= 11 is 0. The maximum atomic E-state index is 6.08. The van der Waals surface area contributed by atoms with Crippen LogP contribution >= 0.6 is 0 Å². The number of hydrogen-bond acceptors (Lipinski definition) is 2. The average Bonchev–Trinajstić information content (AvgIpc) is 2.18. The highest BCUT2D eigenvalue weighted by molar-refractivity contribution is 5.13. The third-order valence-corrected chi connectivity index (χ3v) is 2.43. The second-order valence-electron chi connectivity index (χ2n) is 3.58. The van der Waals surface area contributed by atoms with Crippen LogP contribution in [0.4, 0.5) is 0 Å². The zero-order chi connectivity index (χ0) is 9.68. The summed E-state index contributed by atoms with van der Waals surface area (Å²) in [6, 6.07) is 4.12. The van der Waals surface area contributed by atoms with Crippen molar-refractivity contribution < 1.29 is 0 Å². The minimum Gasteiger partial charge on any atom is -0.324 e. The molecule has 72 valence electrons. The van der Waals surface area contributed by atoms with Gasteiger partial charge in [-0.1, -0.05) is 26.3 Å². The molecule has 2 unspecified atom stereocenters. The van der Waals surface area contributed by atoms with Crippen LogP contribution in [0.3, 0.4) is 0 Å². The Labute approximate surface area is 80.2 Å². The lowest BCUT2D eigenvalue weighted by atomic mass is 9.93. The Morgan fingerprint density at radius 1 is 1.54 bits per heavy atom. The highest BCUT2D eigenvalue weighted by Crippen LogP contribution is 2.21. The molecule has 2 nitrogen and oxygen atoms in total. The summed E-state index contributed by atoms with van der Waals surface area (Å²) in [5.41, 5.74) is 7.23. The summed E-state index contributed by atoms with van der Waals surface area (Å²) in [6.45, 7) is 4.38. The topological polar surface area (TPSA) is 38.9 Å². The molecule has 0 spiro atoms. The Bertz CT molecular complexity index is 233. The van der Waals surface area contributed by atoms with Gasteiger partial charge in [-0.3, -0.25) is 4.98 Å². The van der Waals surface area contributed by atoms with Crippen molar-refractivity contribution in [2.24, 2.45) is 11.7 Å². The number of nitrogens with two attached hydrogens (primary N) is 1. The van der Waals surface area contributed by atoms with E-state index in [-0.39, 0.29) is 6.04 Å². The number of aromatic nitrogens is 1. The molecule has 2 N–H and O–H groups in total. The highest BCUT2D eigenvalue weighted by Gasteiger charge is 2.13. The molecule has 1 rings (SSSR count). The first-order valence-corrected chi connectivity index (χ1v) is 4.91. The first-order chi connectivity index (χ1) is 6.25. The van der Waals surface area contributed by atoms with Crippen molar-refractivity contribution in [3.05, 3.63) is 30.1 Å². The van der Waals surface area contributed by atoms with Crippen molar-refractivity contribution >= 4 is 0 Å². The Morgan fingerprint density at radius 3 is 2.85 bits per heavy atom. The zero-order valence-electron chi connectivity index (χ0n) is 8.40. The van der Waals surface area contributed by atoms with Crippen LogP contribution in [0.25, 0.3) is 0 Å². The van der Waals surface area contributed by atoms with E-state index in [1.807, 2.05) is 18.3 Å². The molecule has 13 heavy (non-hydrogen) atoms. The van der Waals surface area contributed by atoms with E-state index in [9.17, 15) is 0 Å². The van der Waals surface area contributed by atoms with E-state index < -0.39 is 0 Å². The molecule has 1 heterocycles. The fraction of sp³-hybridized carbons (Fsp3) is 0.545. The monoisotopic (exact) mass is 178 g/mol. The summed E-state index contributed by atoms with van der Waals surface area (Å²) < 4.78 is 0. The van der Waals surface area contributed by atoms with Crippen LogP contribution in [0.15, 0.2) is 24.5 Å². The largest absolute Gasteiger partial charge is 0.324 e. The molecular formula is C11H18N2. The van der Waals surface area contributed by atoms with Gasteiger partial charge in [0.15, 0.2) is 0 Å². The predicted molar refractivity (Wildman–Crippen MR) is 55.2 cm³/mol. The van der Waals surface area contributed by atoms with Gasteiger partial charge in [0.25, 0.3) is 0 Å². The van der Waals surface area contributed by atoms with Crippen LogP contribution in [-0.2, 0) is 0 Å². The maximum Gasteiger partial charge on any atom is 0.0336 e. The molecule has 0 radical (unpaired) electrons. The fourth-order valence-corrected chi connectivity index (χ4v) is 1.54. The van der Waals surface area contributed by atoms with E-state index in [1.54, 1.807) is 6.20 Å². The molecule has 0 aliphatic rings. The maximum absolute atomic E-state index is 6.08. The molecule has 0 amide bonds. The highest BCUT2D eigenvalue weighted by atomic mass is 14.7. The van der Waals surface area contributed by atoms with E-state index in [1.165, 1.54) is 12.8 Å². The molecule has 0 aromatic carbocycles. The molecule has 0 aliphatic heterocycles. The van der Waals surface area contributed by atoms with Gasteiger partial charge in [-0.15, -0.1) is 0 Å². The van der Waals surface area contributed by atoms with Gasteiger partial charge < -0.3 is 5.73 Å². The number of nitrogens with zero attached hydrogens (tertiary/aromatic N) is 1. The van der Waals surface area contributed by atoms with E-state index in [0.717, 1.165) is 5.56 Å². The van der Waals surface area contributed by atoms with Crippen LogP contribution < -0.4 is 5.73 Å². The Morgan fingerprint density at radius 2 is 2.31 bits per heavy atom. The summed E-state index contributed by atoms with van der Waals surface area (Å²) in [7, 11) is 0. The molecule has 0 aliphatic carbocycles. The van der Waals surface area contributed by atoms with E-state index >= 15 is 0 Å². The lowest BCUT2D eigenvalue weighted by Crippen LogP contribution is -2.18. The molecule has 2 atom stereocenters. The third kappa shape index (κ3) is 2.81.